The molecule has 1 aliphatic carbocycles. The lowest BCUT2D eigenvalue weighted by Gasteiger charge is -2.25. The number of hydrogen-bond acceptors (Lipinski definition) is 5. The zero-order chi connectivity index (χ0) is 20.3. The van der Waals surface area contributed by atoms with E-state index in [9.17, 15) is 4.79 Å². The predicted octanol–water partition coefficient (Wildman–Crippen LogP) is 4.38. The Kier molecular flexibility index (Phi) is 5.41. The Hall–Kier alpha value is -2.86. The summed E-state index contributed by atoms with van der Waals surface area (Å²) in [5.41, 5.74) is 4.09. The summed E-state index contributed by atoms with van der Waals surface area (Å²) in [4.78, 5) is 15.1. The lowest BCUT2D eigenvalue weighted by molar-refractivity contribution is 0.0925. The number of aryl methyl sites for hydroxylation is 2. The molecule has 156 valence electrons. The van der Waals surface area contributed by atoms with Crippen molar-refractivity contribution in [3.8, 4) is 11.3 Å². The summed E-state index contributed by atoms with van der Waals surface area (Å²) in [6.45, 7) is 2.52. The first-order valence-electron chi connectivity index (χ1n) is 10.9. The van der Waals surface area contributed by atoms with Gasteiger partial charge in [-0.1, -0.05) is 17.3 Å². The molecule has 1 amide bonds. The monoisotopic (exact) mass is 405 g/mol. The number of nitrogens with zero attached hydrogens (tertiary/aromatic N) is 2. The van der Waals surface area contributed by atoms with E-state index in [0.717, 1.165) is 37.3 Å². The minimum atomic E-state index is -0.223. The zero-order valence-corrected chi connectivity index (χ0v) is 17.1. The molecule has 3 aromatic rings. The van der Waals surface area contributed by atoms with Crippen molar-refractivity contribution in [3.05, 3.63) is 65.2 Å². The van der Waals surface area contributed by atoms with Crippen LogP contribution in [-0.4, -0.2) is 35.6 Å². The summed E-state index contributed by atoms with van der Waals surface area (Å²) in [5, 5.41) is 7.03. The first kappa shape index (κ1) is 19.1. The van der Waals surface area contributed by atoms with Crippen LogP contribution in [0, 0.1) is 0 Å². The summed E-state index contributed by atoms with van der Waals surface area (Å²) in [5.74, 6) is 1.29. The SMILES string of the molecule is O=C(NC[C@@H](c1ccco1)N1CCCC1)c1cc(-c2ccc3c(c2)CCCC3)on1. The van der Waals surface area contributed by atoms with Gasteiger partial charge in [-0.05, 0) is 80.9 Å². The average Bonchev–Trinajstić information content (AvgIpc) is 3.56. The molecule has 1 aromatic carbocycles. The maximum Gasteiger partial charge on any atom is 0.273 e. The van der Waals surface area contributed by atoms with E-state index in [0.29, 0.717) is 18.0 Å². The fourth-order valence-electron chi connectivity index (χ4n) is 4.63. The topological polar surface area (TPSA) is 71.5 Å². The summed E-state index contributed by atoms with van der Waals surface area (Å²) in [6, 6.07) is 12.1. The Morgan fingerprint density at radius 3 is 2.70 bits per heavy atom. The molecule has 0 unspecified atom stereocenters. The summed E-state index contributed by atoms with van der Waals surface area (Å²) < 4.78 is 11.1. The van der Waals surface area contributed by atoms with Crippen LogP contribution in [0.15, 0.2) is 51.6 Å². The van der Waals surface area contributed by atoms with E-state index in [-0.39, 0.29) is 11.9 Å². The van der Waals surface area contributed by atoms with Gasteiger partial charge in [-0.25, -0.2) is 0 Å². The van der Waals surface area contributed by atoms with Crippen LogP contribution in [0.4, 0.5) is 0 Å². The molecule has 1 atom stereocenters. The molecule has 0 saturated carbocycles. The highest BCUT2D eigenvalue weighted by Crippen LogP contribution is 2.28. The highest BCUT2D eigenvalue weighted by atomic mass is 16.5. The van der Waals surface area contributed by atoms with Crippen LogP contribution in [0.1, 0.15) is 59.1 Å². The van der Waals surface area contributed by atoms with Crippen LogP contribution in [0.25, 0.3) is 11.3 Å². The minimum Gasteiger partial charge on any atom is -0.468 e. The van der Waals surface area contributed by atoms with Gasteiger partial charge in [0, 0.05) is 18.2 Å². The first-order chi connectivity index (χ1) is 14.8. The fourth-order valence-corrected chi connectivity index (χ4v) is 4.63. The van der Waals surface area contributed by atoms with Crippen LogP contribution in [0.2, 0.25) is 0 Å². The molecule has 6 nitrogen and oxygen atoms in total. The second-order valence-corrected chi connectivity index (χ2v) is 8.25. The quantitative estimate of drug-likeness (QED) is 0.659. The molecule has 0 bridgehead atoms. The molecule has 30 heavy (non-hydrogen) atoms. The maximum atomic E-state index is 12.7. The van der Waals surface area contributed by atoms with E-state index < -0.39 is 0 Å². The minimum absolute atomic E-state index is 0.0402. The molecule has 5 rings (SSSR count). The second-order valence-electron chi connectivity index (χ2n) is 8.25. The van der Waals surface area contributed by atoms with Crippen molar-refractivity contribution in [1.82, 2.24) is 15.4 Å². The third kappa shape index (κ3) is 3.92. The van der Waals surface area contributed by atoms with Gasteiger partial charge in [-0.3, -0.25) is 9.69 Å². The number of rotatable bonds is 6. The predicted molar refractivity (Wildman–Crippen MR) is 113 cm³/mol. The number of amides is 1. The largest absolute Gasteiger partial charge is 0.468 e. The van der Waals surface area contributed by atoms with E-state index in [1.54, 1.807) is 12.3 Å². The summed E-state index contributed by atoms with van der Waals surface area (Å²) in [6.07, 6.45) is 8.78. The van der Waals surface area contributed by atoms with Gasteiger partial charge in [0.1, 0.15) is 5.76 Å². The molecule has 1 saturated heterocycles. The van der Waals surface area contributed by atoms with E-state index >= 15 is 0 Å². The normalized spacial score (nSPS) is 17.6. The molecule has 2 aliphatic rings. The van der Waals surface area contributed by atoms with Gasteiger partial charge in [0.25, 0.3) is 5.91 Å². The van der Waals surface area contributed by atoms with Crippen molar-refractivity contribution >= 4 is 5.91 Å². The van der Waals surface area contributed by atoms with Crippen LogP contribution in [0.3, 0.4) is 0 Å². The van der Waals surface area contributed by atoms with E-state index in [2.05, 4.69) is 33.6 Å². The van der Waals surface area contributed by atoms with Crippen molar-refractivity contribution in [1.29, 1.82) is 0 Å². The Morgan fingerprint density at radius 1 is 1.07 bits per heavy atom. The number of likely N-dealkylation sites (tertiary alicyclic amines) is 1. The standard InChI is InChI=1S/C24H27N3O3/c28-24(25-16-21(22-8-5-13-29-22)27-11-3-4-12-27)20-15-23(30-26-20)19-10-9-17-6-1-2-7-18(17)14-19/h5,8-10,13-15,21H,1-4,6-7,11-12,16H2,(H,25,28)/t21-/m0/s1. The maximum absolute atomic E-state index is 12.7. The van der Waals surface area contributed by atoms with Crippen LogP contribution in [-0.2, 0) is 12.8 Å². The van der Waals surface area contributed by atoms with Gasteiger partial charge in [0.2, 0.25) is 0 Å². The highest BCUT2D eigenvalue weighted by molar-refractivity contribution is 5.93. The van der Waals surface area contributed by atoms with Gasteiger partial charge in [-0.2, -0.15) is 0 Å². The second kappa shape index (κ2) is 8.48. The van der Waals surface area contributed by atoms with Gasteiger partial charge < -0.3 is 14.3 Å². The van der Waals surface area contributed by atoms with Gasteiger partial charge in [0.05, 0.1) is 12.3 Å². The molecule has 1 N–H and O–H groups in total. The lowest BCUT2D eigenvalue weighted by atomic mass is 9.90. The van der Waals surface area contributed by atoms with E-state index in [1.165, 1.54) is 36.8 Å². The Bertz CT molecular complexity index is 1000. The molecular weight excluding hydrogens is 378 g/mol. The molecule has 1 fully saturated rings. The molecule has 1 aliphatic heterocycles. The van der Waals surface area contributed by atoms with Gasteiger partial charge in [0.15, 0.2) is 11.5 Å². The van der Waals surface area contributed by atoms with E-state index in [4.69, 9.17) is 8.94 Å². The van der Waals surface area contributed by atoms with Gasteiger partial charge in [-0.15, -0.1) is 0 Å². The van der Waals surface area contributed by atoms with Crippen LogP contribution in [0.5, 0.6) is 0 Å². The molecule has 2 aromatic heterocycles. The number of fused-ring (bicyclic) bond motifs is 1. The summed E-state index contributed by atoms with van der Waals surface area (Å²) in [7, 11) is 0. The fraction of sp³-hybridized carbons (Fsp3) is 0.417. The number of furan rings is 1. The molecule has 0 spiro atoms. The Labute approximate surface area is 176 Å². The lowest BCUT2D eigenvalue weighted by Crippen LogP contribution is -2.36. The number of hydrogen-bond donors (Lipinski definition) is 1. The number of carbonyl (C=O) groups is 1. The Morgan fingerprint density at radius 2 is 1.90 bits per heavy atom. The van der Waals surface area contributed by atoms with Crippen molar-refractivity contribution in [2.45, 2.75) is 44.6 Å². The molecular formula is C24H27N3O3. The van der Waals surface area contributed by atoms with Crippen molar-refractivity contribution < 1.29 is 13.7 Å². The Balaban J connectivity index is 1.27. The average molecular weight is 405 g/mol. The molecule has 3 heterocycles. The van der Waals surface area contributed by atoms with Gasteiger partial charge >= 0.3 is 0 Å². The first-order valence-corrected chi connectivity index (χ1v) is 10.9. The molecule has 6 heteroatoms. The third-order valence-electron chi connectivity index (χ3n) is 6.28. The number of carbonyl (C=O) groups excluding carboxylic acids is 1. The summed E-state index contributed by atoms with van der Waals surface area (Å²) >= 11 is 0. The smallest absolute Gasteiger partial charge is 0.273 e. The number of nitrogens with one attached hydrogen (secondary N) is 1. The number of benzene rings is 1. The van der Waals surface area contributed by atoms with Crippen molar-refractivity contribution in [2.24, 2.45) is 0 Å². The third-order valence-corrected chi connectivity index (χ3v) is 6.28. The zero-order valence-electron chi connectivity index (χ0n) is 17.1. The highest BCUT2D eigenvalue weighted by Gasteiger charge is 2.26. The van der Waals surface area contributed by atoms with Crippen LogP contribution >= 0.6 is 0 Å². The van der Waals surface area contributed by atoms with Crippen LogP contribution < -0.4 is 5.32 Å². The number of aromatic nitrogens is 1. The van der Waals surface area contributed by atoms with E-state index in [1.807, 2.05) is 12.1 Å². The van der Waals surface area contributed by atoms with Crippen molar-refractivity contribution in [3.63, 3.8) is 0 Å². The molecule has 0 radical (unpaired) electrons. The van der Waals surface area contributed by atoms with Crippen molar-refractivity contribution in [2.75, 3.05) is 19.6 Å².